The first-order valence-electron chi connectivity index (χ1n) is 3.12. The second-order valence-electron chi connectivity index (χ2n) is 2.55. The summed E-state index contributed by atoms with van der Waals surface area (Å²) in [6.45, 7) is 0. The average Bonchev–Trinajstić information content (AvgIpc) is 1.60. The Bertz CT molecular complexity index is 103. The van der Waals surface area contributed by atoms with Gasteiger partial charge in [0.25, 0.3) is 0 Å². The predicted molar refractivity (Wildman–Crippen MR) is 41.2 cm³/mol. The van der Waals surface area contributed by atoms with E-state index in [1.807, 2.05) is 0 Å². The number of halogens is 3. The topological polar surface area (TPSA) is 0 Å². The third kappa shape index (κ3) is 2.35. The molecule has 0 spiro atoms. The molecule has 1 atom stereocenters. The van der Waals surface area contributed by atoms with Gasteiger partial charge in [-0.15, -0.1) is 0 Å². The molecule has 0 saturated heterocycles. The van der Waals surface area contributed by atoms with Gasteiger partial charge in [-0.3, -0.25) is 0 Å². The van der Waals surface area contributed by atoms with Crippen LogP contribution in [0.4, 0.5) is 8.78 Å². The van der Waals surface area contributed by atoms with Crippen LogP contribution in [0, 0.1) is 0 Å². The van der Waals surface area contributed by atoms with E-state index in [-0.39, 0.29) is 16.8 Å². The zero-order valence-corrected chi connectivity index (χ0v) is 7.20. The van der Waals surface area contributed by atoms with Crippen molar-refractivity contribution in [1.82, 2.24) is 0 Å². The highest BCUT2D eigenvalue weighted by Gasteiger charge is 2.34. The second kappa shape index (κ2) is 2.68. The Hall–Kier alpha value is 0.590. The largest absolute Gasteiger partial charge is 0.249 e. The molecule has 54 valence electrons. The Kier molecular flexibility index (Phi) is 2.29. The quantitative estimate of drug-likeness (QED) is 0.455. The lowest BCUT2D eigenvalue weighted by Crippen LogP contribution is -2.25. The lowest BCUT2D eigenvalue weighted by Gasteiger charge is -2.24. The first kappa shape index (κ1) is 7.69. The first-order valence-corrected chi connectivity index (χ1v) is 4.37. The van der Waals surface area contributed by atoms with Gasteiger partial charge >= 0.3 is 0 Å². The Labute approximate surface area is 67.2 Å². The van der Waals surface area contributed by atoms with Crippen LogP contribution in [-0.4, -0.2) is 9.85 Å². The van der Waals surface area contributed by atoms with Crippen LogP contribution in [0.1, 0.15) is 25.7 Å². The number of hydrogen-bond acceptors (Lipinski definition) is 0. The van der Waals surface area contributed by atoms with Gasteiger partial charge in [0.1, 0.15) is 0 Å². The van der Waals surface area contributed by atoms with Gasteiger partial charge in [-0.1, -0.05) is 22.6 Å². The van der Waals surface area contributed by atoms with Gasteiger partial charge in [-0.25, -0.2) is 8.78 Å². The van der Waals surface area contributed by atoms with Crippen molar-refractivity contribution in [2.24, 2.45) is 0 Å². The lowest BCUT2D eigenvalue weighted by atomic mass is 9.97. The van der Waals surface area contributed by atoms with Crippen LogP contribution in [0.2, 0.25) is 0 Å². The summed E-state index contributed by atoms with van der Waals surface area (Å²) in [6.07, 6.45) is 1.86. The van der Waals surface area contributed by atoms with Gasteiger partial charge in [0, 0.05) is 16.8 Å². The number of rotatable bonds is 0. The molecule has 1 unspecified atom stereocenters. The van der Waals surface area contributed by atoms with Crippen molar-refractivity contribution in [1.29, 1.82) is 0 Å². The summed E-state index contributed by atoms with van der Waals surface area (Å²) >= 11 is 2.10. The lowest BCUT2D eigenvalue weighted by molar-refractivity contribution is -0.0299. The highest BCUT2D eigenvalue weighted by atomic mass is 127. The molecule has 0 aromatic heterocycles. The molecule has 0 heterocycles. The first-order chi connectivity index (χ1) is 4.10. The summed E-state index contributed by atoms with van der Waals surface area (Å²) < 4.78 is 25.1. The Morgan fingerprint density at radius 2 is 2.11 bits per heavy atom. The summed E-state index contributed by atoms with van der Waals surface area (Å²) in [7, 11) is 0. The molecule has 0 N–H and O–H groups in total. The monoisotopic (exact) mass is 246 g/mol. The van der Waals surface area contributed by atoms with Crippen molar-refractivity contribution in [3.63, 3.8) is 0 Å². The van der Waals surface area contributed by atoms with E-state index in [0.29, 0.717) is 6.42 Å². The van der Waals surface area contributed by atoms with E-state index in [1.165, 1.54) is 0 Å². The van der Waals surface area contributed by atoms with Gasteiger partial charge in [-0.05, 0) is 12.8 Å². The van der Waals surface area contributed by atoms with Crippen molar-refractivity contribution in [2.75, 3.05) is 0 Å². The van der Waals surface area contributed by atoms with Crippen molar-refractivity contribution >= 4 is 22.6 Å². The minimum Gasteiger partial charge on any atom is -0.207 e. The van der Waals surface area contributed by atoms with Gasteiger partial charge in [0.05, 0.1) is 0 Å². The van der Waals surface area contributed by atoms with Crippen LogP contribution in [0.15, 0.2) is 0 Å². The average molecular weight is 246 g/mol. The summed E-state index contributed by atoms with van der Waals surface area (Å²) in [5.74, 6) is -2.36. The fourth-order valence-corrected chi connectivity index (χ4v) is 2.20. The molecule has 0 aromatic carbocycles. The summed E-state index contributed by atoms with van der Waals surface area (Å²) in [5, 5.41) is 0. The highest BCUT2D eigenvalue weighted by molar-refractivity contribution is 14.1. The second-order valence-corrected chi connectivity index (χ2v) is 4.31. The molecular formula is C6H9F2I. The van der Waals surface area contributed by atoms with Crippen molar-refractivity contribution in [3.8, 4) is 0 Å². The molecule has 9 heavy (non-hydrogen) atoms. The molecule has 1 saturated carbocycles. The Morgan fingerprint density at radius 1 is 1.44 bits per heavy atom. The summed E-state index contributed by atoms with van der Waals surface area (Å²) in [5.41, 5.74) is 0. The molecule has 0 nitrogen and oxygen atoms in total. The van der Waals surface area contributed by atoms with E-state index in [9.17, 15) is 8.78 Å². The Balaban J connectivity index is 2.41. The maximum Gasteiger partial charge on any atom is 0.249 e. The molecule has 0 aliphatic heterocycles. The minimum atomic E-state index is -2.36. The third-order valence-corrected chi connectivity index (χ3v) is 2.64. The van der Waals surface area contributed by atoms with Crippen molar-refractivity contribution < 1.29 is 8.78 Å². The number of alkyl halides is 3. The third-order valence-electron chi connectivity index (χ3n) is 1.58. The number of hydrogen-bond donors (Lipinski definition) is 0. The zero-order valence-electron chi connectivity index (χ0n) is 5.04. The van der Waals surface area contributed by atoms with E-state index in [0.717, 1.165) is 6.42 Å². The molecule has 1 aliphatic carbocycles. The molecule has 0 amide bonds. The normalized spacial score (nSPS) is 34.3. The van der Waals surface area contributed by atoms with Crippen LogP contribution in [0.5, 0.6) is 0 Å². The molecule has 1 fully saturated rings. The molecule has 0 aromatic rings. The predicted octanol–water partition coefficient (Wildman–Crippen LogP) is 3.00. The molecule has 3 heteroatoms. The molecule has 1 aliphatic rings. The van der Waals surface area contributed by atoms with Gasteiger partial charge in [0.2, 0.25) is 5.92 Å². The van der Waals surface area contributed by atoms with Gasteiger partial charge < -0.3 is 0 Å². The summed E-state index contributed by atoms with van der Waals surface area (Å²) in [6, 6.07) is 0. The van der Waals surface area contributed by atoms with E-state index < -0.39 is 5.92 Å². The fraction of sp³-hybridized carbons (Fsp3) is 1.00. The zero-order chi connectivity index (χ0) is 6.91. The van der Waals surface area contributed by atoms with E-state index in [4.69, 9.17) is 0 Å². The summed E-state index contributed by atoms with van der Waals surface area (Å²) in [4.78, 5) is 0. The van der Waals surface area contributed by atoms with Crippen molar-refractivity contribution in [3.05, 3.63) is 0 Å². The van der Waals surface area contributed by atoms with Crippen LogP contribution >= 0.6 is 22.6 Å². The molecule has 1 rings (SSSR count). The van der Waals surface area contributed by atoms with Gasteiger partial charge in [0.15, 0.2) is 0 Å². The Morgan fingerprint density at radius 3 is 2.44 bits per heavy atom. The standard InChI is InChI=1S/C6H9F2I/c7-6(8)3-1-2-5(9)4-6/h5H,1-4H2. The maximum absolute atomic E-state index is 12.5. The maximum atomic E-state index is 12.5. The van der Waals surface area contributed by atoms with Crippen LogP contribution in [0.25, 0.3) is 0 Å². The molecular weight excluding hydrogens is 237 g/mol. The van der Waals surface area contributed by atoms with Crippen LogP contribution < -0.4 is 0 Å². The van der Waals surface area contributed by atoms with Crippen molar-refractivity contribution in [2.45, 2.75) is 35.5 Å². The van der Waals surface area contributed by atoms with Crippen LogP contribution in [0.3, 0.4) is 0 Å². The molecule has 0 radical (unpaired) electrons. The SMILES string of the molecule is FC1(F)CCCC(I)C1. The van der Waals surface area contributed by atoms with Crippen LogP contribution in [-0.2, 0) is 0 Å². The smallest absolute Gasteiger partial charge is 0.207 e. The van der Waals surface area contributed by atoms with E-state index in [2.05, 4.69) is 22.6 Å². The van der Waals surface area contributed by atoms with E-state index in [1.54, 1.807) is 0 Å². The molecule has 0 bridgehead atoms. The highest BCUT2D eigenvalue weighted by Crippen LogP contribution is 2.36. The van der Waals surface area contributed by atoms with E-state index >= 15 is 0 Å². The van der Waals surface area contributed by atoms with Gasteiger partial charge in [-0.2, -0.15) is 0 Å². The fourth-order valence-electron chi connectivity index (χ4n) is 1.11. The minimum absolute atomic E-state index is 0.0908.